The maximum absolute atomic E-state index is 13.2. The number of quaternary nitrogens is 1. The maximum Gasteiger partial charge on any atom is 0.330 e. The minimum absolute atomic E-state index is 0.0869. The van der Waals surface area contributed by atoms with Crippen LogP contribution in [-0.2, 0) is 28.6 Å². The number of nitrogens with zero attached hydrogens (tertiary/aromatic N) is 1. The van der Waals surface area contributed by atoms with Crippen molar-refractivity contribution in [2.75, 3.05) is 77.5 Å². The fraction of sp³-hybridized carbons (Fsp3) is 0.559. The lowest BCUT2D eigenvalue weighted by molar-refractivity contribution is -0.317. The van der Waals surface area contributed by atoms with Crippen molar-refractivity contribution in [3.63, 3.8) is 0 Å². The third kappa shape index (κ3) is 15.7. The van der Waals surface area contributed by atoms with E-state index in [0.717, 1.165) is 17.7 Å². The molecule has 0 aromatic heterocycles. The number of alkyl halides is 1. The first-order valence-electron chi connectivity index (χ1n) is 16.6. The zero-order valence-electron chi connectivity index (χ0n) is 27.9. The first-order chi connectivity index (χ1) is 23.8. The molecule has 0 radical (unpaired) electrons. The van der Waals surface area contributed by atoms with E-state index in [4.69, 9.17) is 18.9 Å². The second kappa shape index (κ2) is 23.6. The molecule has 2 aromatic carbocycles. The number of ether oxygens (including phenoxy) is 4. The van der Waals surface area contributed by atoms with Gasteiger partial charge in [-0.25, -0.2) is 13.5 Å². The number of benzene rings is 2. The Morgan fingerprint density at radius 3 is 1.94 bits per heavy atom. The van der Waals surface area contributed by atoms with E-state index in [0.29, 0.717) is 102 Å². The van der Waals surface area contributed by atoms with Crippen LogP contribution in [0, 0.1) is 5.82 Å². The molecule has 0 bridgehead atoms. The fourth-order valence-electron chi connectivity index (χ4n) is 5.04. The summed E-state index contributed by atoms with van der Waals surface area (Å²) in [6.45, 7) is 3.03. The monoisotopic (exact) mass is 727 g/mol. The predicted octanol–water partition coefficient (Wildman–Crippen LogP) is 3.77. The highest BCUT2D eigenvalue weighted by molar-refractivity contribution is 7.99. The van der Waals surface area contributed by atoms with E-state index in [9.17, 15) is 23.2 Å². The lowest BCUT2D eigenvalue weighted by Gasteiger charge is -2.35. The van der Waals surface area contributed by atoms with Crippen LogP contribution in [0.2, 0.25) is 0 Å². The Balaban J connectivity index is 1.29. The van der Waals surface area contributed by atoms with Crippen molar-refractivity contribution in [2.24, 2.45) is 0 Å². The quantitative estimate of drug-likeness (QED) is 0.0969. The van der Waals surface area contributed by atoms with Gasteiger partial charge in [0.05, 0.1) is 52.1 Å². The second-order valence-electron chi connectivity index (χ2n) is 11.3. The highest BCUT2D eigenvalue weighted by Gasteiger charge is 2.48. The van der Waals surface area contributed by atoms with Crippen molar-refractivity contribution in [1.29, 1.82) is 0 Å². The van der Waals surface area contributed by atoms with E-state index in [1.807, 2.05) is 28.6 Å². The van der Waals surface area contributed by atoms with Gasteiger partial charge in [-0.3, -0.25) is 19.7 Å². The van der Waals surface area contributed by atoms with Crippen LogP contribution in [0.4, 0.5) is 8.78 Å². The van der Waals surface area contributed by atoms with Crippen LogP contribution in [0.5, 0.6) is 11.5 Å². The molecular formula is C34H49F2N4O7S2+. The molecule has 5 N–H and O–H groups in total. The first-order valence-corrected chi connectivity index (χ1v) is 18.5. The molecule has 0 atom stereocenters. The Hall–Kier alpha value is -2.79. The molecule has 1 aliphatic carbocycles. The Labute approximate surface area is 295 Å². The third-order valence-corrected chi connectivity index (χ3v) is 9.87. The molecule has 1 fully saturated rings. The molecule has 1 saturated carbocycles. The molecular weight excluding hydrogens is 679 g/mol. The number of carbonyl (C=O) groups excluding carboxylic acids is 3. The first kappa shape index (κ1) is 40.6. The van der Waals surface area contributed by atoms with Gasteiger partial charge in [0.1, 0.15) is 22.9 Å². The van der Waals surface area contributed by atoms with Gasteiger partial charge in [-0.2, -0.15) is 11.8 Å². The van der Waals surface area contributed by atoms with Crippen LogP contribution in [0.3, 0.4) is 0 Å². The lowest BCUT2D eigenvalue weighted by atomic mass is 9.96. The summed E-state index contributed by atoms with van der Waals surface area (Å²) in [5.74, 6) is 1.38. The predicted molar refractivity (Wildman–Crippen MR) is 186 cm³/mol. The number of hydrogen-bond donors (Lipinski definition) is 3. The van der Waals surface area contributed by atoms with Crippen molar-refractivity contribution in [3.05, 3.63) is 54.3 Å². The number of halogens is 2. The van der Waals surface area contributed by atoms with Gasteiger partial charge in [-0.15, -0.1) is 0 Å². The molecule has 0 unspecified atom stereocenters. The molecule has 0 aliphatic heterocycles. The molecule has 3 rings (SSSR count). The van der Waals surface area contributed by atoms with E-state index in [-0.39, 0.29) is 36.6 Å². The Morgan fingerprint density at radius 1 is 0.816 bits per heavy atom. The summed E-state index contributed by atoms with van der Waals surface area (Å²) in [4.78, 5) is 38.0. The molecule has 11 nitrogen and oxygen atoms in total. The molecule has 2 aromatic rings. The van der Waals surface area contributed by atoms with Crippen LogP contribution >= 0.6 is 23.7 Å². The third-order valence-electron chi connectivity index (χ3n) is 7.59. The SMILES string of the molecule is [NH3+]C(=O)C1(N(CCC(=O)NCCOCCOCCOCCNC(=O)CSCCCF)Sc2ccc(Oc3ccc(F)cc3)cc2)CCCC1. The summed E-state index contributed by atoms with van der Waals surface area (Å²) in [6, 6.07) is 13.2. The molecule has 15 heteroatoms. The summed E-state index contributed by atoms with van der Waals surface area (Å²) in [5.41, 5.74) is 3.06. The smallest absolute Gasteiger partial charge is 0.330 e. The largest absolute Gasteiger partial charge is 0.457 e. The zero-order chi connectivity index (χ0) is 35.2. The highest BCUT2D eigenvalue weighted by atomic mass is 32.2. The molecule has 3 amide bonds. The number of thioether (sulfide) groups is 1. The van der Waals surface area contributed by atoms with E-state index in [1.54, 1.807) is 12.1 Å². The van der Waals surface area contributed by atoms with E-state index in [1.165, 1.54) is 35.8 Å². The number of hydrogen-bond acceptors (Lipinski definition) is 10. The lowest BCUT2D eigenvalue weighted by Crippen LogP contribution is -2.71. The molecule has 272 valence electrons. The average Bonchev–Trinajstić information content (AvgIpc) is 3.60. The highest BCUT2D eigenvalue weighted by Crippen LogP contribution is 2.41. The molecule has 0 saturated heterocycles. The standard InChI is InChI=1S/C34H48F2N4O7S2/c35-15-3-25-48-26-32(42)39-17-20-45-22-24-46-23-21-44-19-16-38-31(41)12-18-40(34(33(37)43)13-1-2-14-34)49-30-10-8-29(9-11-30)47-28-6-4-27(36)5-7-28/h4-11H,1-3,12-26H2,(H2,37,43)(H,38,41)(H,39,42)/p+1. The van der Waals surface area contributed by atoms with Crippen molar-refractivity contribution in [2.45, 2.75) is 49.0 Å². The second-order valence-corrected chi connectivity index (χ2v) is 13.5. The van der Waals surface area contributed by atoms with Gasteiger partial charge in [0.15, 0.2) is 0 Å². The zero-order valence-corrected chi connectivity index (χ0v) is 29.6. The van der Waals surface area contributed by atoms with Crippen LogP contribution in [0.1, 0.15) is 38.5 Å². The van der Waals surface area contributed by atoms with Crippen molar-refractivity contribution in [1.82, 2.24) is 14.9 Å². The summed E-state index contributed by atoms with van der Waals surface area (Å²) < 4.78 is 49.5. The van der Waals surface area contributed by atoms with Crippen LogP contribution in [0.15, 0.2) is 53.4 Å². The number of carbonyl (C=O) groups is 3. The minimum Gasteiger partial charge on any atom is -0.457 e. The molecule has 1 aliphatic rings. The van der Waals surface area contributed by atoms with Gasteiger partial charge < -0.3 is 29.6 Å². The molecule has 49 heavy (non-hydrogen) atoms. The van der Waals surface area contributed by atoms with Gasteiger partial charge in [-0.05, 0) is 85.5 Å². The Morgan fingerprint density at radius 2 is 1.37 bits per heavy atom. The Bertz CT molecular complexity index is 1260. The van der Waals surface area contributed by atoms with Gasteiger partial charge in [0.2, 0.25) is 11.8 Å². The summed E-state index contributed by atoms with van der Waals surface area (Å²) in [6.07, 6.45) is 3.91. The van der Waals surface area contributed by atoms with Crippen molar-refractivity contribution in [3.8, 4) is 11.5 Å². The van der Waals surface area contributed by atoms with Crippen LogP contribution in [-0.4, -0.2) is 105 Å². The van der Waals surface area contributed by atoms with Gasteiger partial charge in [-0.1, -0.05) is 12.8 Å². The molecule has 0 spiro atoms. The number of amides is 3. The van der Waals surface area contributed by atoms with E-state index < -0.39 is 5.54 Å². The van der Waals surface area contributed by atoms with E-state index >= 15 is 0 Å². The summed E-state index contributed by atoms with van der Waals surface area (Å²) in [7, 11) is 0. The summed E-state index contributed by atoms with van der Waals surface area (Å²) >= 11 is 2.85. The number of rotatable bonds is 26. The number of nitrogens with one attached hydrogen (secondary N) is 2. The normalized spacial score (nSPS) is 13.8. The molecule has 0 heterocycles. The maximum atomic E-state index is 13.2. The summed E-state index contributed by atoms with van der Waals surface area (Å²) in [5, 5.41) is 5.62. The van der Waals surface area contributed by atoms with Crippen LogP contribution in [0.25, 0.3) is 0 Å². The van der Waals surface area contributed by atoms with E-state index in [2.05, 4.69) is 16.4 Å². The van der Waals surface area contributed by atoms with Crippen LogP contribution < -0.4 is 21.1 Å². The van der Waals surface area contributed by atoms with Gasteiger partial charge in [0, 0.05) is 31.0 Å². The van der Waals surface area contributed by atoms with Crippen molar-refractivity contribution < 1.29 is 47.8 Å². The fourth-order valence-corrected chi connectivity index (χ4v) is 6.94. The van der Waals surface area contributed by atoms with Crippen molar-refractivity contribution >= 4 is 41.4 Å². The average molecular weight is 728 g/mol. The van der Waals surface area contributed by atoms with Gasteiger partial charge in [0.25, 0.3) is 0 Å². The van der Waals surface area contributed by atoms with Gasteiger partial charge >= 0.3 is 5.91 Å². The Kier molecular flexibility index (Phi) is 19.6. The topological polar surface area (TPSA) is 143 Å². The minimum atomic E-state index is -0.727.